The summed E-state index contributed by atoms with van der Waals surface area (Å²) in [6.45, 7) is -0.0183. The summed E-state index contributed by atoms with van der Waals surface area (Å²) < 4.78 is 19.2. The molecule has 0 atom stereocenters. The van der Waals surface area contributed by atoms with E-state index in [1.165, 1.54) is 6.07 Å². The highest BCUT2D eigenvalue weighted by atomic mass is 79.9. The number of nitrogens with zero attached hydrogens (tertiary/aromatic N) is 1. The van der Waals surface area contributed by atoms with Crippen LogP contribution in [0, 0.1) is 5.82 Å². The summed E-state index contributed by atoms with van der Waals surface area (Å²) in [7, 11) is 0. The number of aliphatic hydroxyl groups is 1. The normalized spacial score (nSPS) is 10.7. The molecule has 0 radical (unpaired) electrons. The van der Waals surface area contributed by atoms with E-state index in [0.717, 1.165) is 4.47 Å². The average Bonchev–Trinajstić information content (AvgIpc) is 2.71. The van der Waals surface area contributed by atoms with E-state index in [1.54, 1.807) is 18.2 Å². The van der Waals surface area contributed by atoms with Crippen molar-refractivity contribution >= 4 is 15.9 Å². The van der Waals surface area contributed by atoms with Gasteiger partial charge in [0.25, 0.3) is 0 Å². The first-order chi connectivity index (χ1) is 7.70. The van der Waals surface area contributed by atoms with Crippen molar-refractivity contribution in [3.05, 3.63) is 40.3 Å². The lowest BCUT2D eigenvalue weighted by atomic mass is 10.1. The van der Waals surface area contributed by atoms with Gasteiger partial charge in [-0.2, -0.15) is 0 Å². The second-order valence-corrected chi connectivity index (χ2v) is 4.19. The third-order valence-electron chi connectivity index (χ3n) is 2.12. The van der Waals surface area contributed by atoms with Gasteiger partial charge in [0.2, 0.25) is 0 Å². The van der Waals surface area contributed by atoms with Gasteiger partial charge in [-0.3, -0.25) is 0 Å². The Morgan fingerprint density at radius 2 is 2.19 bits per heavy atom. The van der Waals surface area contributed by atoms with Crippen LogP contribution in [0.3, 0.4) is 0 Å². The summed E-state index contributed by atoms with van der Waals surface area (Å²) in [5.41, 5.74) is 0.810. The molecule has 0 amide bonds. The Morgan fingerprint density at radius 1 is 1.38 bits per heavy atom. The molecular formula is C11H9BrFNO2. The highest BCUT2D eigenvalue weighted by Gasteiger charge is 2.11. The van der Waals surface area contributed by atoms with Gasteiger partial charge in [0.05, 0.1) is 6.61 Å². The van der Waals surface area contributed by atoms with Crippen molar-refractivity contribution in [3.8, 4) is 11.3 Å². The van der Waals surface area contributed by atoms with Gasteiger partial charge in [0.1, 0.15) is 17.3 Å². The van der Waals surface area contributed by atoms with Gasteiger partial charge in [0.15, 0.2) is 0 Å². The third kappa shape index (κ3) is 2.31. The number of rotatable bonds is 3. The number of halogens is 2. The van der Waals surface area contributed by atoms with Crippen molar-refractivity contribution in [2.45, 2.75) is 6.42 Å². The van der Waals surface area contributed by atoms with Crippen molar-refractivity contribution in [2.24, 2.45) is 0 Å². The average molecular weight is 286 g/mol. The van der Waals surface area contributed by atoms with Crippen molar-refractivity contribution in [2.75, 3.05) is 6.61 Å². The summed E-state index contributed by atoms with van der Waals surface area (Å²) in [4.78, 5) is 0. The predicted molar refractivity (Wildman–Crippen MR) is 60.4 cm³/mol. The molecule has 1 N–H and O–H groups in total. The lowest BCUT2D eigenvalue weighted by molar-refractivity contribution is 0.277. The number of benzene rings is 1. The molecule has 16 heavy (non-hydrogen) atoms. The monoisotopic (exact) mass is 285 g/mol. The Balaban J connectivity index is 2.38. The molecule has 0 fully saturated rings. The molecule has 0 aliphatic heterocycles. The van der Waals surface area contributed by atoms with Crippen molar-refractivity contribution in [1.82, 2.24) is 5.16 Å². The van der Waals surface area contributed by atoms with Gasteiger partial charge in [0, 0.05) is 22.5 Å². The SMILES string of the molecule is OCCc1cc(-c2cc(Br)ccc2F)no1. The first-order valence-electron chi connectivity index (χ1n) is 4.72. The summed E-state index contributed by atoms with van der Waals surface area (Å²) >= 11 is 3.27. The minimum Gasteiger partial charge on any atom is -0.396 e. The molecule has 0 bridgehead atoms. The molecule has 0 aliphatic carbocycles. The minimum absolute atomic E-state index is 0.0183. The largest absolute Gasteiger partial charge is 0.396 e. The van der Waals surface area contributed by atoms with E-state index in [0.29, 0.717) is 23.4 Å². The lowest BCUT2D eigenvalue weighted by Crippen LogP contribution is -1.86. The summed E-state index contributed by atoms with van der Waals surface area (Å²) in [6.07, 6.45) is 0.378. The van der Waals surface area contributed by atoms with Gasteiger partial charge >= 0.3 is 0 Å². The van der Waals surface area contributed by atoms with Crippen LogP contribution in [0.15, 0.2) is 33.3 Å². The quantitative estimate of drug-likeness (QED) is 0.943. The Morgan fingerprint density at radius 3 is 2.94 bits per heavy atom. The van der Waals surface area contributed by atoms with E-state index < -0.39 is 0 Å². The van der Waals surface area contributed by atoms with Gasteiger partial charge < -0.3 is 9.63 Å². The first kappa shape index (κ1) is 11.3. The van der Waals surface area contributed by atoms with Gasteiger partial charge in [-0.15, -0.1) is 0 Å². The van der Waals surface area contributed by atoms with Crippen LogP contribution in [0.25, 0.3) is 11.3 Å². The maximum atomic E-state index is 13.5. The minimum atomic E-state index is -0.355. The molecule has 0 unspecified atom stereocenters. The second-order valence-electron chi connectivity index (χ2n) is 3.28. The number of hydrogen-bond donors (Lipinski definition) is 1. The lowest BCUT2D eigenvalue weighted by Gasteiger charge is -1.98. The van der Waals surface area contributed by atoms with Crippen LogP contribution in [-0.4, -0.2) is 16.9 Å². The standard InChI is InChI=1S/C11H9BrFNO2/c12-7-1-2-10(13)9(5-7)11-6-8(3-4-15)16-14-11/h1-2,5-6,15H,3-4H2. The van der Waals surface area contributed by atoms with E-state index in [9.17, 15) is 4.39 Å². The van der Waals surface area contributed by atoms with Gasteiger partial charge in [-0.05, 0) is 18.2 Å². The molecule has 0 saturated heterocycles. The molecule has 1 heterocycles. The van der Waals surface area contributed by atoms with Crippen LogP contribution in [0.1, 0.15) is 5.76 Å². The fourth-order valence-corrected chi connectivity index (χ4v) is 1.72. The molecule has 1 aromatic heterocycles. The van der Waals surface area contributed by atoms with Crippen molar-refractivity contribution < 1.29 is 14.0 Å². The fourth-order valence-electron chi connectivity index (χ4n) is 1.36. The second kappa shape index (κ2) is 4.76. The van der Waals surface area contributed by atoms with Crippen LogP contribution in [0.2, 0.25) is 0 Å². The Labute approximate surface area is 100 Å². The molecule has 84 valence electrons. The van der Waals surface area contributed by atoms with E-state index in [1.807, 2.05) is 0 Å². The Kier molecular flexibility index (Phi) is 3.36. The smallest absolute Gasteiger partial charge is 0.139 e. The zero-order valence-electron chi connectivity index (χ0n) is 8.28. The molecule has 3 nitrogen and oxygen atoms in total. The number of aromatic nitrogens is 1. The molecular weight excluding hydrogens is 277 g/mol. The molecule has 5 heteroatoms. The molecule has 0 spiro atoms. The summed E-state index contributed by atoms with van der Waals surface area (Å²) in [6, 6.07) is 6.24. The third-order valence-corrected chi connectivity index (χ3v) is 2.61. The molecule has 0 aliphatic rings. The fraction of sp³-hybridized carbons (Fsp3) is 0.182. The maximum absolute atomic E-state index is 13.5. The molecule has 0 saturated carbocycles. The van der Waals surface area contributed by atoms with Gasteiger partial charge in [-0.1, -0.05) is 21.1 Å². The topological polar surface area (TPSA) is 46.3 Å². The molecule has 2 rings (SSSR count). The predicted octanol–water partition coefficient (Wildman–Crippen LogP) is 2.78. The Bertz CT molecular complexity index is 498. The zero-order valence-corrected chi connectivity index (χ0v) is 9.87. The number of aliphatic hydroxyl groups excluding tert-OH is 1. The first-order valence-corrected chi connectivity index (χ1v) is 5.52. The van der Waals surface area contributed by atoms with Crippen molar-refractivity contribution in [3.63, 3.8) is 0 Å². The Hall–Kier alpha value is -1.20. The van der Waals surface area contributed by atoms with Crippen LogP contribution in [0.5, 0.6) is 0 Å². The summed E-state index contributed by atoms with van der Waals surface area (Å²) in [5, 5.41) is 12.5. The molecule has 2 aromatic rings. The van der Waals surface area contributed by atoms with E-state index in [4.69, 9.17) is 9.63 Å². The van der Waals surface area contributed by atoms with Crippen molar-refractivity contribution in [1.29, 1.82) is 0 Å². The highest BCUT2D eigenvalue weighted by molar-refractivity contribution is 9.10. The van der Waals surface area contributed by atoms with Crippen LogP contribution >= 0.6 is 15.9 Å². The van der Waals surface area contributed by atoms with Crippen LogP contribution < -0.4 is 0 Å². The maximum Gasteiger partial charge on any atom is 0.139 e. The van der Waals surface area contributed by atoms with E-state index >= 15 is 0 Å². The molecule has 1 aromatic carbocycles. The highest BCUT2D eigenvalue weighted by Crippen LogP contribution is 2.25. The van der Waals surface area contributed by atoms with Gasteiger partial charge in [-0.25, -0.2) is 4.39 Å². The van der Waals surface area contributed by atoms with E-state index in [2.05, 4.69) is 21.1 Å². The zero-order chi connectivity index (χ0) is 11.5. The van der Waals surface area contributed by atoms with E-state index in [-0.39, 0.29) is 12.4 Å². The number of hydrogen-bond acceptors (Lipinski definition) is 3. The van der Waals surface area contributed by atoms with Crippen LogP contribution in [0.4, 0.5) is 4.39 Å². The van der Waals surface area contributed by atoms with Crippen LogP contribution in [-0.2, 0) is 6.42 Å². The summed E-state index contributed by atoms with van der Waals surface area (Å²) in [5.74, 6) is 0.184.